The molecule has 0 saturated heterocycles. The lowest BCUT2D eigenvalue weighted by molar-refractivity contribution is -0.123. The Bertz CT molecular complexity index is 868. The normalized spacial score (nSPS) is 11.9. The van der Waals surface area contributed by atoms with Crippen LogP contribution in [0.5, 0.6) is 5.75 Å². The Morgan fingerprint density at radius 2 is 1.96 bits per heavy atom. The molecule has 1 aromatic heterocycles. The molecule has 25 heavy (non-hydrogen) atoms. The highest BCUT2D eigenvalue weighted by atomic mass is 35.5. The topological polar surface area (TPSA) is 51.2 Å². The van der Waals surface area contributed by atoms with Gasteiger partial charge in [-0.3, -0.25) is 9.78 Å². The first-order chi connectivity index (χ1) is 12.1. The molecule has 0 unspecified atom stereocenters. The van der Waals surface area contributed by atoms with Crippen molar-refractivity contribution in [3.8, 4) is 5.75 Å². The van der Waals surface area contributed by atoms with Gasteiger partial charge in [0.25, 0.3) is 5.91 Å². The van der Waals surface area contributed by atoms with Crippen LogP contribution in [0.15, 0.2) is 60.8 Å². The Morgan fingerprint density at radius 1 is 1.16 bits per heavy atom. The van der Waals surface area contributed by atoms with E-state index in [1.165, 1.54) is 5.56 Å². The second-order valence-corrected chi connectivity index (χ2v) is 6.26. The molecule has 0 aliphatic rings. The van der Waals surface area contributed by atoms with E-state index < -0.39 is 0 Å². The van der Waals surface area contributed by atoms with E-state index in [-0.39, 0.29) is 18.4 Å². The van der Waals surface area contributed by atoms with E-state index >= 15 is 0 Å². The second-order valence-electron chi connectivity index (χ2n) is 5.85. The number of carbonyl (C=O) groups excluding carboxylic acids is 1. The van der Waals surface area contributed by atoms with Crippen molar-refractivity contribution in [2.75, 3.05) is 13.2 Å². The van der Waals surface area contributed by atoms with Crippen molar-refractivity contribution in [1.29, 1.82) is 0 Å². The van der Waals surface area contributed by atoms with E-state index in [0.717, 1.165) is 5.39 Å². The van der Waals surface area contributed by atoms with Crippen molar-refractivity contribution in [3.05, 3.63) is 71.4 Å². The van der Waals surface area contributed by atoms with E-state index in [4.69, 9.17) is 16.3 Å². The number of aromatic nitrogens is 1. The highest BCUT2D eigenvalue weighted by molar-refractivity contribution is 6.35. The molecular weight excluding hydrogens is 336 g/mol. The van der Waals surface area contributed by atoms with E-state index in [9.17, 15) is 4.79 Å². The first kappa shape index (κ1) is 17.2. The summed E-state index contributed by atoms with van der Waals surface area (Å²) < 4.78 is 5.64. The van der Waals surface area contributed by atoms with Crippen molar-refractivity contribution in [2.24, 2.45) is 0 Å². The molecule has 0 fully saturated rings. The first-order valence-corrected chi connectivity index (χ1v) is 8.50. The third kappa shape index (κ3) is 4.28. The van der Waals surface area contributed by atoms with Gasteiger partial charge in [0.15, 0.2) is 6.61 Å². The molecule has 4 nitrogen and oxygen atoms in total. The van der Waals surface area contributed by atoms with E-state index in [1.807, 2.05) is 30.3 Å². The minimum Gasteiger partial charge on any atom is -0.481 e. The molecule has 3 rings (SSSR count). The van der Waals surface area contributed by atoms with Crippen LogP contribution in [0.3, 0.4) is 0 Å². The molecule has 1 N–H and O–H groups in total. The number of nitrogens with one attached hydrogen (secondary N) is 1. The van der Waals surface area contributed by atoms with Gasteiger partial charge in [-0.1, -0.05) is 48.9 Å². The molecule has 0 spiro atoms. The number of carbonyl (C=O) groups is 1. The van der Waals surface area contributed by atoms with Gasteiger partial charge in [0.05, 0.1) is 5.02 Å². The maximum atomic E-state index is 12.1. The Kier molecular flexibility index (Phi) is 5.51. The van der Waals surface area contributed by atoms with Gasteiger partial charge in [0.2, 0.25) is 0 Å². The van der Waals surface area contributed by atoms with Crippen LogP contribution in [-0.2, 0) is 4.79 Å². The fourth-order valence-electron chi connectivity index (χ4n) is 2.59. The number of benzene rings is 2. The van der Waals surface area contributed by atoms with E-state index in [0.29, 0.717) is 22.8 Å². The molecule has 3 aromatic rings. The van der Waals surface area contributed by atoms with Crippen molar-refractivity contribution < 1.29 is 9.53 Å². The van der Waals surface area contributed by atoms with E-state index in [1.54, 1.807) is 18.3 Å². The molecular formula is C20H19ClN2O2. The number of hydrogen-bond acceptors (Lipinski definition) is 3. The minimum absolute atomic E-state index is 0.0607. The smallest absolute Gasteiger partial charge is 0.257 e. The van der Waals surface area contributed by atoms with Crippen LogP contribution in [0.1, 0.15) is 18.4 Å². The highest BCUT2D eigenvalue weighted by Crippen LogP contribution is 2.29. The summed E-state index contributed by atoms with van der Waals surface area (Å²) in [5.74, 6) is 0.622. The lowest BCUT2D eigenvalue weighted by atomic mass is 10.0. The van der Waals surface area contributed by atoms with Crippen LogP contribution in [0.4, 0.5) is 0 Å². The number of hydrogen-bond donors (Lipinski definition) is 1. The summed E-state index contributed by atoms with van der Waals surface area (Å²) >= 11 is 6.16. The summed E-state index contributed by atoms with van der Waals surface area (Å²) in [6.45, 7) is 2.58. The van der Waals surface area contributed by atoms with Crippen LogP contribution in [0.25, 0.3) is 10.9 Å². The maximum absolute atomic E-state index is 12.1. The van der Waals surface area contributed by atoms with Crippen molar-refractivity contribution in [2.45, 2.75) is 12.8 Å². The number of halogens is 1. The lowest BCUT2D eigenvalue weighted by Crippen LogP contribution is -2.31. The number of nitrogens with zero attached hydrogens (tertiary/aromatic N) is 1. The molecule has 0 bridgehead atoms. The molecule has 5 heteroatoms. The number of fused-ring (bicyclic) bond motifs is 1. The second kappa shape index (κ2) is 7.99. The predicted octanol–water partition coefficient (Wildman–Crippen LogP) is 4.19. The van der Waals surface area contributed by atoms with Crippen LogP contribution in [0, 0.1) is 0 Å². The van der Waals surface area contributed by atoms with Crippen LogP contribution in [-0.4, -0.2) is 24.0 Å². The zero-order valence-corrected chi connectivity index (χ0v) is 14.7. The van der Waals surface area contributed by atoms with Gasteiger partial charge in [-0.05, 0) is 35.7 Å². The van der Waals surface area contributed by atoms with Crippen LogP contribution in [0.2, 0.25) is 5.02 Å². The van der Waals surface area contributed by atoms with Crippen molar-refractivity contribution in [1.82, 2.24) is 10.3 Å². The molecule has 1 amide bonds. The van der Waals surface area contributed by atoms with Gasteiger partial charge >= 0.3 is 0 Å². The summed E-state index contributed by atoms with van der Waals surface area (Å²) in [6, 6.07) is 17.2. The maximum Gasteiger partial charge on any atom is 0.257 e. The molecule has 1 heterocycles. The third-order valence-corrected chi connectivity index (χ3v) is 4.34. The fraction of sp³-hybridized carbons (Fsp3) is 0.200. The molecule has 2 aromatic carbocycles. The fourth-order valence-corrected chi connectivity index (χ4v) is 2.80. The zero-order valence-electron chi connectivity index (χ0n) is 13.9. The average molecular weight is 355 g/mol. The van der Waals surface area contributed by atoms with Gasteiger partial charge in [-0.25, -0.2) is 0 Å². The molecule has 1 atom stereocenters. The molecule has 0 aliphatic carbocycles. The Labute approximate surface area is 151 Å². The number of pyridine rings is 1. The van der Waals surface area contributed by atoms with Gasteiger partial charge < -0.3 is 10.1 Å². The number of amides is 1. The number of rotatable bonds is 6. The van der Waals surface area contributed by atoms with Gasteiger partial charge in [-0.15, -0.1) is 0 Å². The monoisotopic (exact) mass is 354 g/mol. The standard InChI is InChI=1S/C20H19ClN2O2/c1-14(15-6-3-2-4-7-15)12-23-19(24)13-25-18-10-9-17(21)16-8-5-11-22-20(16)18/h2-11,14H,12-13H2,1H3,(H,23,24)/t14-/m0/s1. The Balaban J connectivity index is 1.57. The van der Waals surface area contributed by atoms with Gasteiger partial charge in [0.1, 0.15) is 11.3 Å². The minimum atomic E-state index is -0.165. The van der Waals surface area contributed by atoms with Crippen LogP contribution >= 0.6 is 11.6 Å². The molecule has 0 aliphatic heterocycles. The first-order valence-electron chi connectivity index (χ1n) is 8.13. The van der Waals surface area contributed by atoms with Crippen LogP contribution < -0.4 is 10.1 Å². The van der Waals surface area contributed by atoms with E-state index in [2.05, 4.69) is 29.4 Å². The zero-order chi connectivity index (χ0) is 17.6. The summed E-state index contributed by atoms with van der Waals surface area (Å²) in [4.78, 5) is 16.4. The summed E-state index contributed by atoms with van der Waals surface area (Å²) in [6.07, 6.45) is 1.67. The quantitative estimate of drug-likeness (QED) is 0.722. The van der Waals surface area contributed by atoms with Gasteiger partial charge in [-0.2, -0.15) is 0 Å². The third-order valence-electron chi connectivity index (χ3n) is 4.01. The van der Waals surface area contributed by atoms with Gasteiger partial charge in [0, 0.05) is 18.1 Å². The SMILES string of the molecule is C[C@@H](CNC(=O)COc1ccc(Cl)c2cccnc12)c1ccccc1. The summed E-state index contributed by atoms with van der Waals surface area (Å²) in [7, 11) is 0. The average Bonchev–Trinajstić information content (AvgIpc) is 2.66. The molecule has 128 valence electrons. The number of ether oxygens (including phenoxy) is 1. The Hall–Kier alpha value is -2.59. The lowest BCUT2D eigenvalue weighted by Gasteiger charge is -2.14. The molecule has 0 saturated carbocycles. The predicted molar refractivity (Wildman–Crippen MR) is 100 cm³/mol. The van der Waals surface area contributed by atoms with Crippen molar-refractivity contribution in [3.63, 3.8) is 0 Å². The largest absolute Gasteiger partial charge is 0.481 e. The summed E-state index contributed by atoms with van der Waals surface area (Å²) in [5, 5.41) is 4.31. The van der Waals surface area contributed by atoms with Crippen molar-refractivity contribution >= 4 is 28.4 Å². The molecule has 0 radical (unpaired) electrons. The summed E-state index contributed by atoms with van der Waals surface area (Å²) in [5.41, 5.74) is 1.84. The Morgan fingerprint density at radius 3 is 2.76 bits per heavy atom. The highest BCUT2D eigenvalue weighted by Gasteiger charge is 2.11.